The van der Waals surface area contributed by atoms with E-state index in [9.17, 15) is 13.6 Å². The zero-order chi connectivity index (χ0) is 13.8. The Balaban J connectivity index is 1.91. The second-order valence-electron chi connectivity index (χ2n) is 4.69. The van der Waals surface area contributed by atoms with Gasteiger partial charge in [-0.25, -0.2) is 8.78 Å². The number of anilines is 1. The molecule has 1 amide bonds. The van der Waals surface area contributed by atoms with Gasteiger partial charge in [0.05, 0.1) is 5.69 Å². The van der Waals surface area contributed by atoms with Crippen molar-refractivity contribution in [2.75, 3.05) is 18.4 Å². The topological polar surface area (TPSA) is 41.1 Å². The zero-order valence-corrected chi connectivity index (χ0v) is 11.9. The highest BCUT2D eigenvalue weighted by Crippen LogP contribution is 2.27. The number of hydrogen-bond donors (Lipinski definition) is 2. The molecule has 1 aromatic rings. The normalized spacial score (nSPS) is 18.6. The molecule has 0 bridgehead atoms. The van der Waals surface area contributed by atoms with E-state index in [1.165, 1.54) is 0 Å². The second kappa shape index (κ2) is 6.43. The quantitative estimate of drug-likeness (QED) is 0.889. The molecular formula is C13H15BrF2N2O. The molecule has 104 valence electrons. The van der Waals surface area contributed by atoms with Crippen LogP contribution in [0, 0.1) is 17.6 Å². The summed E-state index contributed by atoms with van der Waals surface area (Å²) in [4.78, 5) is 11.7. The van der Waals surface area contributed by atoms with E-state index < -0.39 is 11.6 Å². The van der Waals surface area contributed by atoms with Gasteiger partial charge in [-0.05, 0) is 53.8 Å². The van der Waals surface area contributed by atoms with Gasteiger partial charge < -0.3 is 10.6 Å². The number of hydrogen-bond acceptors (Lipinski definition) is 2. The van der Waals surface area contributed by atoms with Crippen molar-refractivity contribution < 1.29 is 13.6 Å². The number of rotatable bonds is 4. The molecule has 1 aliphatic rings. The van der Waals surface area contributed by atoms with Crippen LogP contribution in [0.15, 0.2) is 16.6 Å². The standard InChI is InChI=1S/C13H15BrF2N2O/c14-10-5-9(15)6-11(16)13(10)18-12(19)2-1-8-3-4-17-7-8/h5-6,8,17H,1-4,7H2,(H,18,19). The van der Waals surface area contributed by atoms with Crippen molar-refractivity contribution in [3.8, 4) is 0 Å². The predicted octanol–water partition coefficient (Wildman–Crippen LogP) is 3.06. The molecule has 1 aliphatic heterocycles. The van der Waals surface area contributed by atoms with Crippen LogP contribution in [0.4, 0.5) is 14.5 Å². The third-order valence-electron chi connectivity index (χ3n) is 3.21. The maximum atomic E-state index is 13.5. The van der Waals surface area contributed by atoms with Gasteiger partial charge in [0.25, 0.3) is 0 Å². The minimum absolute atomic E-state index is 0.00375. The number of benzene rings is 1. The van der Waals surface area contributed by atoms with Crippen molar-refractivity contribution in [1.82, 2.24) is 5.32 Å². The predicted molar refractivity (Wildman–Crippen MR) is 72.9 cm³/mol. The Bertz CT molecular complexity index is 453. The van der Waals surface area contributed by atoms with Gasteiger partial charge in [0.2, 0.25) is 5.91 Å². The van der Waals surface area contributed by atoms with Crippen molar-refractivity contribution in [2.45, 2.75) is 19.3 Å². The Morgan fingerprint density at radius 3 is 2.89 bits per heavy atom. The molecule has 1 atom stereocenters. The third-order valence-corrected chi connectivity index (χ3v) is 3.84. The highest BCUT2D eigenvalue weighted by atomic mass is 79.9. The molecule has 6 heteroatoms. The molecule has 1 heterocycles. The van der Waals surface area contributed by atoms with Crippen LogP contribution in [0.25, 0.3) is 0 Å². The average molecular weight is 333 g/mol. The van der Waals surface area contributed by atoms with Crippen LogP contribution in [0.2, 0.25) is 0 Å². The summed E-state index contributed by atoms with van der Waals surface area (Å²) >= 11 is 3.04. The molecule has 0 spiro atoms. The summed E-state index contributed by atoms with van der Waals surface area (Å²) in [5.74, 6) is -1.20. The number of carbonyl (C=O) groups is 1. The van der Waals surface area contributed by atoms with Gasteiger partial charge in [-0.3, -0.25) is 4.79 Å². The van der Waals surface area contributed by atoms with E-state index in [1.807, 2.05) is 0 Å². The molecule has 1 unspecified atom stereocenters. The summed E-state index contributed by atoms with van der Waals surface area (Å²) in [7, 11) is 0. The smallest absolute Gasteiger partial charge is 0.224 e. The van der Waals surface area contributed by atoms with Crippen LogP contribution in [-0.2, 0) is 4.79 Å². The Morgan fingerprint density at radius 1 is 1.47 bits per heavy atom. The fraction of sp³-hybridized carbons (Fsp3) is 0.462. The van der Waals surface area contributed by atoms with Crippen LogP contribution in [0.1, 0.15) is 19.3 Å². The summed E-state index contributed by atoms with van der Waals surface area (Å²) in [5.41, 5.74) is -0.00375. The third kappa shape index (κ3) is 3.98. The van der Waals surface area contributed by atoms with Gasteiger partial charge in [-0.15, -0.1) is 0 Å². The van der Waals surface area contributed by atoms with Gasteiger partial charge in [0.15, 0.2) is 5.82 Å². The fourth-order valence-electron chi connectivity index (χ4n) is 2.16. The molecular weight excluding hydrogens is 318 g/mol. The van der Waals surface area contributed by atoms with Gasteiger partial charge in [-0.1, -0.05) is 0 Å². The van der Waals surface area contributed by atoms with Gasteiger partial charge in [0, 0.05) is 17.0 Å². The Labute approximate surface area is 118 Å². The fourth-order valence-corrected chi connectivity index (χ4v) is 2.67. The number of halogens is 3. The van der Waals surface area contributed by atoms with Crippen LogP contribution in [-0.4, -0.2) is 19.0 Å². The van der Waals surface area contributed by atoms with Crippen LogP contribution >= 0.6 is 15.9 Å². The SMILES string of the molecule is O=C(CCC1CCNC1)Nc1c(F)cc(F)cc1Br. The molecule has 0 aliphatic carbocycles. The lowest BCUT2D eigenvalue weighted by Gasteiger charge is -2.10. The number of nitrogens with one attached hydrogen (secondary N) is 2. The molecule has 19 heavy (non-hydrogen) atoms. The lowest BCUT2D eigenvalue weighted by Crippen LogP contribution is -2.16. The monoisotopic (exact) mass is 332 g/mol. The molecule has 1 saturated heterocycles. The maximum Gasteiger partial charge on any atom is 0.224 e. The first-order valence-electron chi connectivity index (χ1n) is 6.21. The lowest BCUT2D eigenvalue weighted by molar-refractivity contribution is -0.116. The number of carbonyl (C=O) groups excluding carboxylic acids is 1. The first-order valence-corrected chi connectivity index (χ1v) is 7.00. The lowest BCUT2D eigenvalue weighted by atomic mass is 10.0. The second-order valence-corrected chi connectivity index (χ2v) is 5.54. The van der Waals surface area contributed by atoms with E-state index in [4.69, 9.17) is 0 Å². The first kappa shape index (κ1) is 14.4. The molecule has 2 N–H and O–H groups in total. The van der Waals surface area contributed by atoms with E-state index in [0.717, 1.165) is 38.1 Å². The van der Waals surface area contributed by atoms with E-state index in [1.54, 1.807) is 0 Å². The zero-order valence-electron chi connectivity index (χ0n) is 10.3. The summed E-state index contributed by atoms with van der Waals surface area (Å²) in [6, 6.07) is 1.88. The minimum atomic E-state index is -0.775. The highest BCUT2D eigenvalue weighted by molar-refractivity contribution is 9.10. The van der Waals surface area contributed by atoms with Gasteiger partial charge >= 0.3 is 0 Å². The summed E-state index contributed by atoms with van der Waals surface area (Å²) < 4.78 is 26.6. The highest BCUT2D eigenvalue weighted by Gasteiger charge is 2.17. The van der Waals surface area contributed by atoms with Gasteiger partial charge in [-0.2, -0.15) is 0 Å². The van der Waals surface area contributed by atoms with Crippen molar-refractivity contribution in [2.24, 2.45) is 5.92 Å². The summed E-state index contributed by atoms with van der Waals surface area (Å²) in [6.45, 7) is 1.92. The van der Waals surface area contributed by atoms with Crippen molar-refractivity contribution in [1.29, 1.82) is 0 Å². The van der Waals surface area contributed by atoms with E-state index in [-0.39, 0.29) is 16.1 Å². The summed E-state index contributed by atoms with van der Waals surface area (Å²) in [6.07, 6.45) is 2.19. The molecule has 1 fully saturated rings. The largest absolute Gasteiger partial charge is 0.323 e. The molecule has 1 aromatic carbocycles. The molecule has 0 aromatic heterocycles. The van der Waals surface area contributed by atoms with E-state index in [2.05, 4.69) is 26.6 Å². The Hall–Kier alpha value is -1.01. The molecule has 0 saturated carbocycles. The van der Waals surface area contributed by atoms with Crippen LogP contribution in [0.5, 0.6) is 0 Å². The number of amides is 1. The molecule has 3 nitrogen and oxygen atoms in total. The van der Waals surface area contributed by atoms with E-state index >= 15 is 0 Å². The summed E-state index contributed by atoms with van der Waals surface area (Å²) in [5, 5.41) is 5.71. The maximum absolute atomic E-state index is 13.5. The first-order chi connectivity index (χ1) is 9.06. The average Bonchev–Trinajstić information content (AvgIpc) is 2.84. The van der Waals surface area contributed by atoms with Crippen LogP contribution in [0.3, 0.4) is 0 Å². The minimum Gasteiger partial charge on any atom is -0.323 e. The molecule has 2 rings (SSSR count). The Morgan fingerprint density at radius 2 is 2.26 bits per heavy atom. The Kier molecular flexibility index (Phi) is 4.87. The van der Waals surface area contributed by atoms with E-state index in [0.29, 0.717) is 12.3 Å². The van der Waals surface area contributed by atoms with Crippen LogP contribution < -0.4 is 10.6 Å². The van der Waals surface area contributed by atoms with Crippen molar-refractivity contribution >= 4 is 27.5 Å². The van der Waals surface area contributed by atoms with Crippen molar-refractivity contribution in [3.63, 3.8) is 0 Å². The molecule has 0 radical (unpaired) electrons. The van der Waals surface area contributed by atoms with Crippen molar-refractivity contribution in [3.05, 3.63) is 28.2 Å². The van der Waals surface area contributed by atoms with Gasteiger partial charge in [0.1, 0.15) is 5.82 Å².